The van der Waals surface area contributed by atoms with Gasteiger partial charge in [0.1, 0.15) is 47.8 Å². The summed E-state index contributed by atoms with van der Waals surface area (Å²) in [7, 11) is 0. The number of carbonyl (C=O) groups is 7. The molecule has 0 fully saturated rings. The van der Waals surface area contributed by atoms with Crippen molar-refractivity contribution in [2.75, 3.05) is 18.6 Å². The third kappa shape index (κ3) is 14.9. The van der Waals surface area contributed by atoms with Crippen molar-refractivity contribution in [3.05, 3.63) is 59.7 Å². The maximum atomic E-state index is 14.0. The summed E-state index contributed by atoms with van der Waals surface area (Å²) in [5, 5.41) is 69.1. The zero-order valence-electron chi connectivity index (χ0n) is 29.4. The SMILES string of the molecule is CSCC[C@H](NC(=O)[C@H](Cc1ccc(O)cc1)NC(=O)[C@H](Cc1ccc(O)cc1)NC(=O)[C@H](CC(=O)O)NC(=O)[C@@H](N)[C@@H](C)O)C(=O)N[C@@H](CO)C(=O)O. The van der Waals surface area contributed by atoms with Gasteiger partial charge >= 0.3 is 11.9 Å². The van der Waals surface area contributed by atoms with Crippen LogP contribution in [0.2, 0.25) is 0 Å². The van der Waals surface area contributed by atoms with Crippen LogP contribution in [0.5, 0.6) is 11.5 Å². The van der Waals surface area contributed by atoms with E-state index in [2.05, 4.69) is 26.6 Å². The smallest absolute Gasteiger partial charge is 0.328 e. The first-order valence-corrected chi connectivity index (χ1v) is 17.9. The van der Waals surface area contributed by atoms with Crippen LogP contribution in [-0.4, -0.2) is 133 Å². The lowest BCUT2D eigenvalue weighted by Crippen LogP contribution is -2.60. The predicted octanol–water partition coefficient (Wildman–Crippen LogP) is -2.68. The second-order valence-corrected chi connectivity index (χ2v) is 13.2. The van der Waals surface area contributed by atoms with E-state index in [-0.39, 0.29) is 30.8 Å². The summed E-state index contributed by atoms with van der Waals surface area (Å²) in [5.74, 6) is -7.88. The topological polar surface area (TPSA) is 327 Å². The van der Waals surface area contributed by atoms with Crippen LogP contribution >= 0.6 is 11.8 Å². The van der Waals surface area contributed by atoms with E-state index in [0.717, 1.165) is 0 Å². The number of benzene rings is 2. The van der Waals surface area contributed by atoms with Crippen LogP contribution < -0.4 is 32.3 Å². The quantitative estimate of drug-likeness (QED) is 0.0580. The molecular weight excluding hydrogens is 732 g/mol. The van der Waals surface area contributed by atoms with E-state index in [9.17, 15) is 64.2 Å². The van der Waals surface area contributed by atoms with Crippen molar-refractivity contribution >= 4 is 53.2 Å². The largest absolute Gasteiger partial charge is 0.508 e. The molecule has 0 saturated carbocycles. The number of aliphatic carboxylic acids is 2. The second kappa shape index (κ2) is 21.9. The number of rotatable bonds is 22. The van der Waals surface area contributed by atoms with Gasteiger partial charge in [-0.2, -0.15) is 11.8 Å². The van der Waals surface area contributed by atoms with Crippen molar-refractivity contribution in [1.29, 1.82) is 0 Å². The summed E-state index contributed by atoms with van der Waals surface area (Å²) in [6.07, 6.45) is -1.05. The maximum absolute atomic E-state index is 14.0. The van der Waals surface area contributed by atoms with E-state index in [0.29, 0.717) is 16.9 Å². The van der Waals surface area contributed by atoms with E-state index >= 15 is 0 Å². The van der Waals surface area contributed by atoms with Crippen LogP contribution in [0.1, 0.15) is 30.9 Å². The molecule has 0 bridgehead atoms. The number of amides is 5. The average molecular weight is 779 g/mol. The number of carbonyl (C=O) groups excluding carboxylic acids is 5. The Labute approximate surface area is 314 Å². The van der Waals surface area contributed by atoms with E-state index in [4.69, 9.17) is 5.73 Å². The maximum Gasteiger partial charge on any atom is 0.328 e. The number of aliphatic hydroxyl groups excluding tert-OH is 2. The lowest BCUT2D eigenvalue weighted by molar-refractivity contribution is -0.143. The van der Waals surface area contributed by atoms with Crippen molar-refractivity contribution in [3.63, 3.8) is 0 Å². The monoisotopic (exact) mass is 778 g/mol. The Kier molecular flexibility index (Phi) is 18.2. The highest BCUT2D eigenvalue weighted by Gasteiger charge is 2.34. The number of nitrogens with two attached hydrogens (primary N) is 1. The molecule has 54 heavy (non-hydrogen) atoms. The summed E-state index contributed by atoms with van der Waals surface area (Å²) in [6.45, 7) is 0.279. The molecule has 0 aliphatic rings. The van der Waals surface area contributed by atoms with Crippen LogP contribution in [-0.2, 0) is 46.4 Å². The first-order valence-electron chi connectivity index (χ1n) is 16.5. The lowest BCUT2D eigenvalue weighted by atomic mass is 10.0. The third-order valence-electron chi connectivity index (χ3n) is 7.89. The molecule has 19 nitrogen and oxygen atoms in total. The molecule has 7 atom stereocenters. The molecule has 2 rings (SSSR count). The summed E-state index contributed by atoms with van der Waals surface area (Å²) in [5.41, 5.74) is 6.47. The molecule has 0 spiro atoms. The molecule has 0 aliphatic heterocycles. The number of carboxylic acid groups (broad SMARTS) is 2. The minimum Gasteiger partial charge on any atom is -0.508 e. The number of hydrogen-bond donors (Lipinski definition) is 12. The van der Waals surface area contributed by atoms with Gasteiger partial charge in [-0.25, -0.2) is 4.79 Å². The van der Waals surface area contributed by atoms with Crippen molar-refractivity contribution < 1.29 is 64.2 Å². The fourth-order valence-corrected chi connectivity index (χ4v) is 5.28. The minimum atomic E-state index is -1.77. The highest BCUT2D eigenvalue weighted by atomic mass is 32.2. The highest BCUT2D eigenvalue weighted by molar-refractivity contribution is 7.98. The van der Waals surface area contributed by atoms with Crippen molar-refractivity contribution in [2.45, 2.75) is 75.0 Å². The molecule has 0 aromatic heterocycles. The zero-order chi connectivity index (χ0) is 40.5. The molecule has 0 aliphatic carbocycles. The summed E-state index contributed by atoms with van der Waals surface area (Å²) in [4.78, 5) is 90.0. The number of nitrogens with one attached hydrogen (secondary N) is 5. The number of carboxylic acids is 2. The zero-order valence-corrected chi connectivity index (χ0v) is 30.2. The number of aromatic hydroxyl groups is 2. The highest BCUT2D eigenvalue weighted by Crippen LogP contribution is 2.15. The van der Waals surface area contributed by atoms with E-state index in [1.54, 1.807) is 6.26 Å². The molecule has 0 radical (unpaired) electrons. The van der Waals surface area contributed by atoms with Crippen molar-refractivity contribution in [2.24, 2.45) is 5.73 Å². The van der Waals surface area contributed by atoms with Crippen LogP contribution in [0.4, 0.5) is 0 Å². The first-order chi connectivity index (χ1) is 25.4. The standard InChI is InChI=1S/C34H46N6O13S/c1-17(42)28(35)33(51)39-25(15-27(45)46)32(50)38-24(14-19-5-9-21(44)10-6-19)31(49)37-23(13-18-3-7-20(43)8-4-18)30(48)36-22(11-12-54-2)29(47)40-26(16-41)34(52)53/h3-10,17,22-26,28,41-44H,11-16,35H2,1-2H3,(H,36,48)(H,37,49)(H,38,50)(H,39,51)(H,40,47)(H,45,46)(H,52,53)/t17-,22+,23+,24+,25+,26+,28+/m1/s1. The molecule has 5 amide bonds. The van der Waals surface area contributed by atoms with Crippen LogP contribution in [0.15, 0.2) is 48.5 Å². The number of phenolic OH excluding ortho intramolecular Hbond substituents is 2. The molecule has 2 aromatic carbocycles. The Balaban J connectivity index is 2.49. The first kappa shape index (κ1) is 44.7. The van der Waals surface area contributed by atoms with Gasteiger partial charge in [-0.05, 0) is 60.7 Å². The van der Waals surface area contributed by atoms with E-state index < -0.39 is 96.9 Å². The van der Waals surface area contributed by atoms with Gasteiger partial charge in [-0.1, -0.05) is 24.3 Å². The second-order valence-electron chi connectivity index (χ2n) is 12.2. The summed E-state index contributed by atoms with van der Waals surface area (Å²) in [6, 6.07) is 1.78. The fraction of sp³-hybridized carbons (Fsp3) is 0.441. The minimum absolute atomic E-state index is 0.0192. The van der Waals surface area contributed by atoms with Crippen molar-refractivity contribution in [3.8, 4) is 11.5 Å². The number of aliphatic hydroxyl groups is 2. The molecule has 2 aromatic rings. The Morgan fingerprint density at radius 1 is 0.648 bits per heavy atom. The molecule has 0 saturated heterocycles. The molecule has 296 valence electrons. The summed E-state index contributed by atoms with van der Waals surface area (Å²) < 4.78 is 0. The van der Waals surface area contributed by atoms with Gasteiger partial charge in [0, 0.05) is 12.8 Å². The third-order valence-corrected chi connectivity index (χ3v) is 8.54. The Hall–Kier alpha value is -5.44. The van der Waals surface area contributed by atoms with Crippen LogP contribution in [0.3, 0.4) is 0 Å². The Morgan fingerprint density at radius 2 is 1.04 bits per heavy atom. The van der Waals surface area contributed by atoms with Gasteiger partial charge in [0.25, 0.3) is 0 Å². The number of hydrogen-bond acceptors (Lipinski definition) is 13. The number of thioether (sulfide) groups is 1. The van der Waals surface area contributed by atoms with Gasteiger partial charge in [0.05, 0.1) is 19.1 Å². The van der Waals surface area contributed by atoms with E-state index in [1.165, 1.54) is 67.2 Å². The Morgan fingerprint density at radius 3 is 1.43 bits per heavy atom. The van der Waals surface area contributed by atoms with Gasteiger partial charge in [0.2, 0.25) is 29.5 Å². The average Bonchev–Trinajstić information content (AvgIpc) is 3.12. The van der Waals surface area contributed by atoms with Gasteiger partial charge < -0.3 is 63.0 Å². The van der Waals surface area contributed by atoms with E-state index in [1.807, 2.05) is 0 Å². The van der Waals surface area contributed by atoms with Crippen LogP contribution in [0, 0.1) is 0 Å². The molecule has 0 heterocycles. The van der Waals surface area contributed by atoms with Crippen LogP contribution in [0.25, 0.3) is 0 Å². The fourth-order valence-electron chi connectivity index (χ4n) is 4.80. The van der Waals surface area contributed by atoms with Gasteiger partial charge in [-0.3, -0.25) is 28.8 Å². The normalized spacial score (nSPS) is 14.8. The van der Waals surface area contributed by atoms with Gasteiger partial charge in [0.15, 0.2) is 0 Å². The lowest BCUT2D eigenvalue weighted by Gasteiger charge is -2.27. The number of phenols is 2. The summed E-state index contributed by atoms with van der Waals surface area (Å²) >= 11 is 1.32. The van der Waals surface area contributed by atoms with Crippen molar-refractivity contribution in [1.82, 2.24) is 26.6 Å². The predicted molar refractivity (Wildman–Crippen MR) is 193 cm³/mol. The molecular formula is C34H46N6O13S. The Bertz CT molecular complexity index is 1610. The molecule has 0 unspecified atom stereocenters. The van der Waals surface area contributed by atoms with Gasteiger partial charge in [-0.15, -0.1) is 0 Å². The molecule has 13 N–H and O–H groups in total. The molecule has 20 heteroatoms.